The third-order valence-corrected chi connectivity index (χ3v) is 2.89. The molecule has 0 fully saturated rings. The fourth-order valence-corrected chi connectivity index (χ4v) is 2.03. The minimum absolute atomic E-state index is 0.292. The summed E-state index contributed by atoms with van der Waals surface area (Å²) in [6.45, 7) is 0.292. The lowest BCUT2D eigenvalue weighted by Crippen LogP contribution is -2.24. The van der Waals surface area contributed by atoms with E-state index in [1.54, 1.807) is 6.20 Å². The maximum atomic E-state index is 5.37. The maximum absolute atomic E-state index is 5.37. The molecule has 0 saturated carbocycles. The molecular weight excluding hydrogens is 218 g/mol. The van der Waals surface area contributed by atoms with Crippen molar-refractivity contribution in [3.63, 3.8) is 0 Å². The molecule has 2 aliphatic rings. The quantitative estimate of drug-likeness (QED) is 0.673. The van der Waals surface area contributed by atoms with Crippen molar-refractivity contribution in [3.8, 4) is 11.5 Å². The molecule has 0 unspecified atom stereocenters. The first-order valence-electron chi connectivity index (χ1n) is 5.32. The van der Waals surface area contributed by atoms with Crippen molar-refractivity contribution >= 4 is 12.3 Å². The number of rotatable bonds is 0. The van der Waals surface area contributed by atoms with Crippen LogP contribution in [0.2, 0.25) is 0 Å². The predicted octanol–water partition coefficient (Wildman–Crippen LogP) is -0.264. The lowest BCUT2D eigenvalue weighted by molar-refractivity contribution is 0.174. The van der Waals surface area contributed by atoms with E-state index >= 15 is 0 Å². The molecular formula is C12H9N3O2. The van der Waals surface area contributed by atoms with Crippen LogP contribution < -0.4 is 25.3 Å². The van der Waals surface area contributed by atoms with E-state index in [4.69, 9.17) is 9.47 Å². The summed E-state index contributed by atoms with van der Waals surface area (Å²) in [5.41, 5.74) is 3.15. The van der Waals surface area contributed by atoms with Gasteiger partial charge in [-0.2, -0.15) is 0 Å². The Morgan fingerprint density at radius 3 is 2.88 bits per heavy atom. The minimum atomic E-state index is 0.292. The Labute approximate surface area is 96.6 Å². The van der Waals surface area contributed by atoms with Gasteiger partial charge in [-0.25, -0.2) is 9.66 Å². The number of nitrogens with zero attached hydrogens (tertiary/aromatic N) is 2. The summed E-state index contributed by atoms with van der Waals surface area (Å²) in [6, 6.07) is 3.94. The normalized spacial score (nSPS) is 14.8. The highest BCUT2D eigenvalue weighted by Gasteiger charge is 2.13. The zero-order chi connectivity index (χ0) is 11.2. The topological polar surface area (TPSA) is 48.3 Å². The molecule has 1 aromatic heterocycles. The van der Waals surface area contributed by atoms with E-state index < -0.39 is 0 Å². The van der Waals surface area contributed by atoms with Crippen LogP contribution in [0.5, 0.6) is 11.5 Å². The molecule has 1 aromatic carbocycles. The van der Waals surface area contributed by atoms with Crippen molar-refractivity contribution in [2.24, 2.45) is 0 Å². The number of fused-ring (bicyclic) bond motifs is 3. The molecule has 5 heteroatoms. The summed E-state index contributed by atoms with van der Waals surface area (Å²) < 4.78 is 12.6. The zero-order valence-electron chi connectivity index (χ0n) is 8.88. The van der Waals surface area contributed by atoms with Gasteiger partial charge in [0.1, 0.15) is 0 Å². The smallest absolute Gasteiger partial charge is 0.231 e. The number of nitrogens with one attached hydrogen (secondary N) is 1. The van der Waals surface area contributed by atoms with Gasteiger partial charge in [0.05, 0.1) is 0 Å². The van der Waals surface area contributed by atoms with Crippen molar-refractivity contribution in [1.82, 2.24) is 9.66 Å². The SMILES string of the molecule is C1=c2cc3c(cc2=Cc2nccn2N1)OCO3. The molecule has 4 rings (SSSR count). The Balaban J connectivity index is 2.05. The van der Waals surface area contributed by atoms with E-state index in [0.717, 1.165) is 27.8 Å². The average Bonchev–Trinajstić information content (AvgIpc) is 2.92. The molecule has 0 aliphatic carbocycles. The Kier molecular flexibility index (Phi) is 1.55. The van der Waals surface area contributed by atoms with Crippen LogP contribution in [0.4, 0.5) is 0 Å². The van der Waals surface area contributed by atoms with E-state index in [2.05, 4.69) is 10.4 Å². The Bertz CT molecular complexity index is 718. The molecule has 84 valence electrons. The van der Waals surface area contributed by atoms with Crippen LogP contribution in [-0.2, 0) is 0 Å². The fraction of sp³-hybridized carbons (Fsp3) is 0.0833. The van der Waals surface area contributed by atoms with Crippen LogP contribution >= 0.6 is 0 Å². The third kappa shape index (κ3) is 1.22. The monoisotopic (exact) mass is 227 g/mol. The van der Waals surface area contributed by atoms with Crippen LogP contribution in [0.3, 0.4) is 0 Å². The number of aromatic nitrogens is 2. The van der Waals surface area contributed by atoms with Crippen molar-refractivity contribution in [2.75, 3.05) is 12.2 Å². The molecule has 2 aliphatic heterocycles. The maximum Gasteiger partial charge on any atom is 0.231 e. The molecule has 0 spiro atoms. The van der Waals surface area contributed by atoms with Gasteiger partial charge < -0.3 is 9.47 Å². The van der Waals surface area contributed by atoms with Gasteiger partial charge in [-0.05, 0) is 23.4 Å². The highest BCUT2D eigenvalue weighted by molar-refractivity contribution is 5.53. The van der Waals surface area contributed by atoms with E-state index in [9.17, 15) is 0 Å². The third-order valence-electron chi connectivity index (χ3n) is 2.89. The number of benzene rings is 1. The van der Waals surface area contributed by atoms with E-state index in [-0.39, 0.29) is 0 Å². The van der Waals surface area contributed by atoms with Gasteiger partial charge in [0.2, 0.25) is 6.79 Å². The molecule has 0 amide bonds. The first kappa shape index (κ1) is 8.69. The van der Waals surface area contributed by atoms with Gasteiger partial charge in [-0.15, -0.1) is 0 Å². The van der Waals surface area contributed by atoms with Gasteiger partial charge in [0.25, 0.3) is 0 Å². The predicted molar refractivity (Wildman–Crippen MR) is 61.4 cm³/mol. The van der Waals surface area contributed by atoms with Gasteiger partial charge in [0, 0.05) is 23.8 Å². The summed E-state index contributed by atoms with van der Waals surface area (Å²) in [5, 5.41) is 2.12. The molecule has 3 heterocycles. The van der Waals surface area contributed by atoms with Gasteiger partial charge in [0.15, 0.2) is 17.3 Å². The average molecular weight is 227 g/mol. The van der Waals surface area contributed by atoms with E-state index in [0.29, 0.717) is 6.79 Å². The second kappa shape index (κ2) is 3.04. The first-order valence-corrected chi connectivity index (χ1v) is 5.32. The van der Waals surface area contributed by atoms with Crippen molar-refractivity contribution in [3.05, 3.63) is 40.8 Å². The van der Waals surface area contributed by atoms with E-state index in [1.165, 1.54) is 0 Å². The lowest BCUT2D eigenvalue weighted by atomic mass is 10.2. The second-order valence-corrected chi connectivity index (χ2v) is 3.91. The molecule has 0 saturated heterocycles. The summed E-state index contributed by atoms with van der Waals surface area (Å²) in [6.07, 6.45) is 7.55. The van der Waals surface area contributed by atoms with E-state index in [1.807, 2.05) is 35.3 Å². The summed E-state index contributed by atoms with van der Waals surface area (Å²) in [4.78, 5) is 4.26. The molecule has 2 aromatic rings. The van der Waals surface area contributed by atoms with Crippen molar-refractivity contribution in [1.29, 1.82) is 0 Å². The highest BCUT2D eigenvalue weighted by Crippen LogP contribution is 2.28. The lowest BCUT2D eigenvalue weighted by Gasteiger charge is -2.00. The number of hydrogen-bond donors (Lipinski definition) is 1. The van der Waals surface area contributed by atoms with Gasteiger partial charge >= 0.3 is 0 Å². The Morgan fingerprint density at radius 1 is 1.18 bits per heavy atom. The van der Waals surface area contributed by atoms with Crippen LogP contribution in [0.15, 0.2) is 24.5 Å². The molecule has 0 atom stereocenters. The highest BCUT2D eigenvalue weighted by atomic mass is 16.7. The summed E-state index contributed by atoms with van der Waals surface area (Å²) >= 11 is 0. The largest absolute Gasteiger partial charge is 0.454 e. The Morgan fingerprint density at radius 2 is 2.00 bits per heavy atom. The summed E-state index contributed by atoms with van der Waals surface area (Å²) in [7, 11) is 0. The zero-order valence-corrected chi connectivity index (χ0v) is 8.88. The number of ether oxygens (including phenoxy) is 2. The van der Waals surface area contributed by atoms with Crippen LogP contribution in [0.1, 0.15) is 5.82 Å². The van der Waals surface area contributed by atoms with Gasteiger partial charge in [-0.3, -0.25) is 5.43 Å². The minimum Gasteiger partial charge on any atom is -0.454 e. The second-order valence-electron chi connectivity index (χ2n) is 3.91. The molecule has 0 bridgehead atoms. The van der Waals surface area contributed by atoms with Crippen LogP contribution in [0.25, 0.3) is 12.3 Å². The molecule has 17 heavy (non-hydrogen) atoms. The Hall–Kier alpha value is -2.43. The molecule has 0 radical (unpaired) electrons. The number of hydrogen-bond acceptors (Lipinski definition) is 4. The number of imidazole rings is 1. The van der Waals surface area contributed by atoms with Crippen molar-refractivity contribution in [2.45, 2.75) is 0 Å². The molecule has 5 nitrogen and oxygen atoms in total. The summed E-state index contributed by atoms with van der Waals surface area (Å²) in [5.74, 6) is 2.43. The first-order chi connectivity index (χ1) is 8.40. The standard InChI is InChI=1S/C12H9N3O2/c1-2-15-12(13-1)5-8-3-10-11(17-7-16-10)4-9(8)6-14-15/h1-6,14H,7H2. The fourth-order valence-electron chi connectivity index (χ4n) is 2.03. The molecule has 1 N–H and O–H groups in total. The van der Waals surface area contributed by atoms with Crippen molar-refractivity contribution < 1.29 is 9.47 Å². The van der Waals surface area contributed by atoms with Crippen LogP contribution in [0, 0.1) is 0 Å². The van der Waals surface area contributed by atoms with Crippen LogP contribution in [-0.4, -0.2) is 16.5 Å². The van der Waals surface area contributed by atoms with Gasteiger partial charge in [-0.1, -0.05) is 0 Å².